The van der Waals surface area contributed by atoms with E-state index in [0.717, 1.165) is 0 Å². The van der Waals surface area contributed by atoms with Gasteiger partial charge in [-0.25, -0.2) is 4.39 Å². The van der Waals surface area contributed by atoms with Crippen molar-refractivity contribution in [1.29, 1.82) is 0 Å². The molecule has 1 aromatic carbocycles. The molecular formula is C15H21FN4O2. The number of amides is 2. The van der Waals surface area contributed by atoms with Gasteiger partial charge in [0.2, 0.25) is 11.8 Å². The first-order valence-corrected chi connectivity index (χ1v) is 7.30. The lowest BCUT2D eigenvalue weighted by Crippen LogP contribution is -2.51. The molecule has 0 saturated carbocycles. The number of piperazine rings is 1. The lowest BCUT2D eigenvalue weighted by atomic mass is 10.2. The average Bonchev–Trinajstić information content (AvgIpc) is 2.55. The van der Waals surface area contributed by atoms with E-state index in [2.05, 4.69) is 10.6 Å². The average molecular weight is 308 g/mol. The molecule has 1 aromatic rings. The summed E-state index contributed by atoms with van der Waals surface area (Å²) in [6, 6.07) is 6.66. The standard InChI is InChI=1S/C15H21FN4O2/c1-17-14(21)10-18-11-15(22)20-8-6-19(7-9-20)13-5-3-2-4-12(13)16/h2-5,18H,6-11H2,1H3,(H,17,21). The minimum atomic E-state index is -0.241. The van der Waals surface area contributed by atoms with E-state index in [1.807, 2.05) is 4.90 Å². The summed E-state index contributed by atoms with van der Waals surface area (Å²) < 4.78 is 13.7. The number of carbonyl (C=O) groups excluding carboxylic acids is 2. The van der Waals surface area contributed by atoms with Gasteiger partial charge in [0.15, 0.2) is 0 Å². The highest BCUT2D eigenvalue weighted by atomic mass is 19.1. The van der Waals surface area contributed by atoms with Crippen LogP contribution in [0.2, 0.25) is 0 Å². The molecule has 0 bridgehead atoms. The molecule has 2 N–H and O–H groups in total. The van der Waals surface area contributed by atoms with Crippen LogP contribution in [0, 0.1) is 5.82 Å². The minimum absolute atomic E-state index is 0.0444. The van der Waals surface area contributed by atoms with Crippen LogP contribution in [0.4, 0.5) is 10.1 Å². The fraction of sp³-hybridized carbons (Fsp3) is 0.467. The third-order valence-corrected chi connectivity index (χ3v) is 3.67. The van der Waals surface area contributed by atoms with Crippen molar-refractivity contribution in [3.8, 4) is 0 Å². The number of likely N-dealkylation sites (N-methyl/N-ethyl adjacent to an activating group) is 1. The molecule has 6 nitrogen and oxygen atoms in total. The van der Waals surface area contributed by atoms with Crippen LogP contribution >= 0.6 is 0 Å². The lowest BCUT2D eigenvalue weighted by Gasteiger charge is -2.36. The van der Waals surface area contributed by atoms with E-state index in [1.165, 1.54) is 6.07 Å². The second-order valence-electron chi connectivity index (χ2n) is 5.10. The SMILES string of the molecule is CNC(=O)CNCC(=O)N1CCN(c2ccccc2F)CC1. The zero-order chi connectivity index (χ0) is 15.9. The van der Waals surface area contributed by atoms with Crippen molar-refractivity contribution in [3.63, 3.8) is 0 Å². The Bertz CT molecular complexity index is 530. The van der Waals surface area contributed by atoms with Crippen LogP contribution < -0.4 is 15.5 Å². The second-order valence-corrected chi connectivity index (χ2v) is 5.10. The lowest BCUT2D eigenvalue weighted by molar-refractivity contribution is -0.130. The number of anilines is 1. The number of halogens is 1. The Morgan fingerprint density at radius 2 is 1.82 bits per heavy atom. The number of hydrogen-bond donors (Lipinski definition) is 2. The van der Waals surface area contributed by atoms with Gasteiger partial charge in [0.25, 0.3) is 0 Å². The zero-order valence-corrected chi connectivity index (χ0v) is 12.6. The summed E-state index contributed by atoms with van der Waals surface area (Å²) in [5.74, 6) is -0.441. The van der Waals surface area contributed by atoms with Crippen molar-refractivity contribution in [2.75, 3.05) is 51.2 Å². The largest absolute Gasteiger partial charge is 0.366 e. The van der Waals surface area contributed by atoms with Gasteiger partial charge in [0, 0.05) is 33.2 Å². The number of nitrogens with zero attached hydrogens (tertiary/aromatic N) is 2. The summed E-state index contributed by atoms with van der Waals surface area (Å²) in [5.41, 5.74) is 0.576. The van der Waals surface area contributed by atoms with Crippen LogP contribution in [0.3, 0.4) is 0 Å². The topological polar surface area (TPSA) is 64.7 Å². The molecule has 0 spiro atoms. The predicted octanol–water partition coefficient (Wildman–Crippen LogP) is -0.190. The van der Waals surface area contributed by atoms with Crippen molar-refractivity contribution in [2.45, 2.75) is 0 Å². The fourth-order valence-electron chi connectivity index (χ4n) is 2.39. The molecule has 1 aliphatic rings. The van der Waals surface area contributed by atoms with E-state index in [-0.39, 0.29) is 30.7 Å². The molecule has 0 aliphatic carbocycles. The molecule has 120 valence electrons. The summed E-state index contributed by atoms with van der Waals surface area (Å²) in [4.78, 5) is 26.7. The van der Waals surface area contributed by atoms with Crippen molar-refractivity contribution in [2.24, 2.45) is 0 Å². The first-order chi connectivity index (χ1) is 10.6. The highest BCUT2D eigenvalue weighted by molar-refractivity contribution is 5.81. The molecule has 1 fully saturated rings. The quantitative estimate of drug-likeness (QED) is 0.791. The molecule has 0 atom stereocenters. The van der Waals surface area contributed by atoms with Crippen molar-refractivity contribution >= 4 is 17.5 Å². The summed E-state index contributed by atoms with van der Waals surface area (Å²) in [6.07, 6.45) is 0. The van der Waals surface area contributed by atoms with Crippen molar-refractivity contribution in [3.05, 3.63) is 30.1 Å². The fourth-order valence-corrected chi connectivity index (χ4v) is 2.39. The van der Waals surface area contributed by atoms with Crippen LogP contribution in [0.1, 0.15) is 0 Å². The summed E-state index contributed by atoms with van der Waals surface area (Å²) >= 11 is 0. The number of hydrogen-bond acceptors (Lipinski definition) is 4. The first kappa shape index (κ1) is 16.2. The Morgan fingerprint density at radius 3 is 2.45 bits per heavy atom. The van der Waals surface area contributed by atoms with Gasteiger partial charge in [-0.1, -0.05) is 12.1 Å². The third kappa shape index (κ3) is 4.17. The molecule has 2 amide bonds. The Hall–Kier alpha value is -2.15. The molecular weight excluding hydrogens is 287 g/mol. The molecule has 1 heterocycles. The Labute approximate surface area is 129 Å². The summed E-state index contributed by atoms with van der Waals surface area (Å²) in [6.45, 7) is 2.55. The van der Waals surface area contributed by atoms with Gasteiger partial charge in [-0.2, -0.15) is 0 Å². The highest BCUT2D eigenvalue weighted by Crippen LogP contribution is 2.19. The Kier molecular flexibility index (Phi) is 5.71. The minimum Gasteiger partial charge on any atom is -0.366 e. The number of carbonyl (C=O) groups is 2. The molecule has 0 aromatic heterocycles. The normalized spacial score (nSPS) is 14.8. The Balaban J connectivity index is 1.78. The van der Waals surface area contributed by atoms with Crippen LogP contribution in [-0.4, -0.2) is 63.0 Å². The summed E-state index contributed by atoms with van der Waals surface area (Å²) in [7, 11) is 1.55. The summed E-state index contributed by atoms with van der Waals surface area (Å²) in [5, 5.41) is 5.29. The highest BCUT2D eigenvalue weighted by Gasteiger charge is 2.22. The zero-order valence-electron chi connectivity index (χ0n) is 12.6. The van der Waals surface area contributed by atoms with Gasteiger partial charge in [-0.3, -0.25) is 14.9 Å². The smallest absolute Gasteiger partial charge is 0.236 e. The molecule has 1 aliphatic heterocycles. The van der Waals surface area contributed by atoms with E-state index in [9.17, 15) is 14.0 Å². The van der Waals surface area contributed by atoms with Gasteiger partial charge in [-0.05, 0) is 12.1 Å². The van der Waals surface area contributed by atoms with Crippen LogP contribution in [0.15, 0.2) is 24.3 Å². The maximum absolute atomic E-state index is 13.7. The van der Waals surface area contributed by atoms with Crippen molar-refractivity contribution < 1.29 is 14.0 Å². The van der Waals surface area contributed by atoms with Gasteiger partial charge in [-0.15, -0.1) is 0 Å². The second kappa shape index (κ2) is 7.74. The van der Waals surface area contributed by atoms with Gasteiger partial charge in [0.1, 0.15) is 5.82 Å². The monoisotopic (exact) mass is 308 g/mol. The molecule has 0 radical (unpaired) electrons. The third-order valence-electron chi connectivity index (χ3n) is 3.67. The molecule has 0 unspecified atom stereocenters. The van der Waals surface area contributed by atoms with Crippen molar-refractivity contribution in [1.82, 2.24) is 15.5 Å². The van der Waals surface area contributed by atoms with E-state index >= 15 is 0 Å². The van der Waals surface area contributed by atoms with Gasteiger partial charge in [0.05, 0.1) is 18.8 Å². The van der Waals surface area contributed by atoms with E-state index in [1.54, 1.807) is 30.1 Å². The number of nitrogens with one attached hydrogen (secondary N) is 2. The Morgan fingerprint density at radius 1 is 1.14 bits per heavy atom. The maximum Gasteiger partial charge on any atom is 0.236 e. The van der Waals surface area contributed by atoms with Crippen LogP contribution in [0.5, 0.6) is 0 Å². The number of para-hydroxylation sites is 1. The van der Waals surface area contributed by atoms with Crippen LogP contribution in [0.25, 0.3) is 0 Å². The van der Waals surface area contributed by atoms with Crippen LogP contribution in [-0.2, 0) is 9.59 Å². The maximum atomic E-state index is 13.7. The predicted molar refractivity (Wildman–Crippen MR) is 82.1 cm³/mol. The van der Waals surface area contributed by atoms with E-state index < -0.39 is 0 Å². The number of rotatable bonds is 5. The number of benzene rings is 1. The first-order valence-electron chi connectivity index (χ1n) is 7.30. The molecule has 1 saturated heterocycles. The van der Waals surface area contributed by atoms with E-state index in [0.29, 0.717) is 31.9 Å². The van der Waals surface area contributed by atoms with E-state index in [4.69, 9.17) is 0 Å². The van der Waals surface area contributed by atoms with Gasteiger partial charge < -0.3 is 15.1 Å². The molecule has 22 heavy (non-hydrogen) atoms. The molecule has 7 heteroatoms. The molecule has 2 rings (SSSR count). The van der Waals surface area contributed by atoms with Gasteiger partial charge >= 0.3 is 0 Å².